The van der Waals surface area contributed by atoms with Crippen molar-refractivity contribution in [2.45, 2.75) is 25.7 Å². The highest BCUT2D eigenvalue weighted by molar-refractivity contribution is 7.89. The number of nitrogens with one attached hydrogen (secondary N) is 2. The number of nitrogens with zero attached hydrogens (tertiary/aromatic N) is 1. The number of rotatable bonds is 6. The van der Waals surface area contributed by atoms with E-state index in [-0.39, 0.29) is 17.3 Å². The van der Waals surface area contributed by atoms with Gasteiger partial charge in [0.2, 0.25) is 15.9 Å². The molecule has 1 amide bonds. The molecule has 0 saturated carbocycles. The minimum Gasteiger partial charge on any atom is -0.379 e. The Kier molecular flexibility index (Phi) is 6.56. The Morgan fingerprint density at radius 3 is 2.31 bits per heavy atom. The average Bonchev–Trinajstić information content (AvgIpc) is 2.68. The number of ether oxygens (including phenoxy) is 1. The number of morpholine rings is 1. The standard InChI is InChI=1S/C21H27N3O4S/c1-15-10-16(2)12-19(11-15)22-14-21(25)23-18-5-4-17(3)20(13-18)29(26,27)24-6-8-28-9-7-24/h4-5,10-13,22H,6-9,14H2,1-3H3,(H,23,25). The van der Waals surface area contributed by atoms with Gasteiger partial charge in [0.15, 0.2) is 0 Å². The van der Waals surface area contributed by atoms with Crippen LogP contribution in [0.2, 0.25) is 0 Å². The fraction of sp³-hybridized carbons (Fsp3) is 0.381. The molecule has 0 spiro atoms. The lowest BCUT2D eigenvalue weighted by molar-refractivity contribution is -0.114. The highest BCUT2D eigenvalue weighted by Crippen LogP contribution is 2.24. The van der Waals surface area contributed by atoms with Gasteiger partial charge >= 0.3 is 0 Å². The maximum atomic E-state index is 13.0. The van der Waals surface area contributed by atoms with E-state index in [1.807, 2.05) is 26.0 Å². The Morgan fingerprint density at radius 1 is 1.00 bits per heavy atom. The van der Waals surface area contributed by atoms with Crippen molar-refractivity contribution in [3.8, 4) is 0 Å². The quantitative estimate of drug-likeness (QED) is 0.755. The summed E-state index contributed by atoms with van der Waals surface area (Å²) in [5.41, 5.74) is 4.20. The highest BCUT2D eigenvalue weighted by atomic mass is 32.2. The van der Waals surface area contributed by atoms with Crippen molar-refractivity contribution in [3.05, 3.63) is 53.1 Å². The highest BCUT2D eigenvalue weighted by Gasteiger charge is 2.28. The number of carbonyl (C=O) groups is 1. The molecule has 1 heterocycles. The second-order valence-corrected chi connectivity index (χ2v) is 9.18. The van der Waals surface area contributed by atoms with Crippen molar-refractivity contribution >= 4 is 27.3 Å². The summed E-state index contributed by atoms with van der Waals surface area (Å²) in [5, 5.41) is 5.88. The third-order valence-corrected chi connectivity index (χ3v) is 6.78. The van der Waals surface area contributed by atoms with Crippen LogP contribution in [-0.2, 0) is 19.6 Å². The van der Waals surface area contributed by atoms with Crippen molar-refractivity contribution in [1.29, 1.82) is 0 Å². The summed E-state index contributed by atoms with van der Waals surface area (Å²) in [5.74, 6) is -0.247. The van der Waals surface area contributed by atoms with Gasteiger partial charge in [-0.1, -0.05) is 12.1 Å². The van der Waals surface area contributed by atoms with Gasteiger partial charge in [0.05, 0.1) is 24.7 Å². The van der Waals surface area contributed by atoms with Crippen LogP contribution in [0.3, 0.4) is 0 Å². The monoisotopic (exact) mass is 417 g/mol. The van der Waals surface area contributed by atoms with Crippen LogP contribution in [0.4, 0.5) is 11.4 Å². The van der Waals surface area contributed by atoms with Gasteiger partial charge in [-0.25, -0.2) is 8.42 Å². The Balaban J connectivity index is 1.69. The lowest BCUT2D eigenvalue weighted by Gasteiger charge is -2.26. The normalized spacial score (nSPS) is 15.1. The predicted molar refractivity (Wildman–Crippen MR) is 114 cm³/mol. The summed E-state index contributed by atoms with van der Waals surface area (Å²) in [7, 11) is -3.63. The third kappa shape index (κ3) is 5.35. The summed E-state index contributed by atoms with van der Waals surface area (Å²) in [6.07, 6.45) is 0. The van der Waals surface area contributed by atoms with E-state index in [2.05, 4.69) is 16.7 Å². The number of benzene rings is 2. The topological polar surface area (TPSA) is 87.7 Å². The van der Waals surface area contributed by atoms with Gasteiger partial charge in [-0.15, -0.1) is 0 Å². The van der Waals surface area contributed by atoms with Crippen molar-refractivity contribution in [1.82, 2.24) is 4.31 Å². The molecule has 3 rings (SSSR count). The van der Waals surface area contributed by atoms with Gasteiger partial charge in [-0.2, -0.15) is 4.31 Å². The van der Waals surface area contributed by atoms with E-state index in [1.54, 1.807) is 19.1 Å². The molecule has 7 nitrogen and oxygen atoms in total. The summed E-state index contributed by atoms with van der Waals surface area (Å²) in [6.45, 7) is 7.28. The Labute approximate surface area is 172 Å². The van der Waals surface area contributed by atoms with Crippen LogP contribution in [0.1, 0.15) is 16.7 Å². The first-order chi connectivity index (χ1) is 13.8. The molecule has 1 fully saturated rings. The molecule has 2 aromatic rings. The number of anilines is 2. The Hall–Kier alpha value is -2.42. The van der Waals surface area contributed by atoms with Gasteiger partial charge in [0.1, 0.15) is 0 Å². The van der Waals surface area contributed by atoms with E-state index < -0.39 is 10.0 Å². The molecule has 2 N–H and O–H groups in total. The van der Waals surface area contributed by atoms with Crippen LogP contribution in [-0.4, -0.2) is 51.5 Å². The van der Waals surface area contributed by atoms with E-state index in [1.165, 1.54) is 10.4 Å². The lowest BCUT2D eigenvalue weighted by atomic mass is 10.1. The molecule has 1 aliphatic heterocycles. The molecule has 2 aromatic carbocycles. The molecule has 0 aliphatic carbocycles. The third-order valence-electron chi connectivity index (χ3n) is 4.73. The van der Waals surface area contributed by atoms with Crippen LogP contribution in [0.15, 0.2) is 41.3 Å². The van der Waals surface area contributed by atoms with Gasteiger partial charge in [-0.3, -0.25) is 4.79 Å². The number of carbonyl (C=O) groups excluding carboxylic acids is 1. The smallest absolute Gasteiger partial charge is 0.243 e. The SMILES string of the molecule is Cc1cc(C)cc(NCC(=O)Nc2ccc(C)c(S(=O)(=O)N3CCOCC3)c2)c1. The fourth-order valence-corrected chi connectivity index (χ4v) is 5.00. The molecule has 0 bridgehead atoms. The van der Waals surface area contributed by atoms with Gasteiger partial charge in [0, 0.05) is 24.5 Å². The summed E-state index contributed by atoms with van der Waals surface area (Å²) in [6, 6.07) is 10.9. The van der Waals surface area contributed by atoms with Crippen LogP contribution >= 0.6 is 0 Å². The molecular weight excluding hydrogens is 390 g/mol. The number of sulfonamides is 1. The van der Waals surface area contributed by atoms with Crippen molar-refractivity contribution in [3.63, 3.8) is 0 Å². The molecule has 1 saturated heterocycles. The molecule has 0 aromatic heterocycles. The molecule has 0 atom stereocenters. The first-order valence-corrected chi connectivity index (χ1v) is 11.0. The second kappa shape index (κ2) is 8.94. The van der Waals surface area contributed by atoms with Gasteiger partial charge < -0.3 is 15.4 Å². The molecule has 0 unspecified atom stereocenters. The number of aryl methyl sites for hydroxylation is 3. The Bertz CT molecular complexity index is 979. The number of amides is 1. The van der Waals surface area contributed by atoms with E-state index in [0.717, 1.165) is 16.8 Å². The van der Waals surface area contributed by atoms with E-state index in [4.69, 9.17) is 4.74 Å². The zero-order chi connectivity index (χ0) is 21.0. The zero-order valence-electron chi connectivity index (χ0n) is 17.0. The molecule has 1 aliphatic rings. The summed E-state index contributed by atoms with van der Waals surface area (Å²) < 4.78 is 32.6. The number of hydrogen-bond donors (Lipinski definition) is 2. The van der Waals surface area contributed by atoms with Crippen LogP contribution in [0.5, 0.6) is 0 Å². The molecule has 8 heteroatoms. The fourth-order valence-electron chi connectivity index (χ4n) is 3.35. The maximum Gasteiger partial charge on any atom is 0.243 e. The second-order valence-electron chi connectivity index (χ2n) is 7.27. The summed E-state index contributed by atoms with van der Waals surface area (Å²) in [4.78, 5) is 12.6. The zero-order valence-corrected chi connectivity index (χ0v) is 17.8. The predicted octanol–water partition coefficient (Wildman–Crippen LogP) is 2.68. The van der Waals surface area contributed by atoms with Gasteiger partial charge in [0.25, 0.3) is 0 Å². The first kappa shape index (κ1) is 21.3. The average molecular weight is 418 g/mol. The first-order valence-electron chi connectivity index (χ1n) is 9.56. The lowest BCUT2D eigenvalue weighted by Crippen LogP contribution is -2.40. The molecule has 156 valence electrons. The van der Waals surface area contributed by atoms with E-state index in [0.29, 0.717) is 37.6 Å². The van der Waals surface area contributed by atoms with Crippen molar-refractivity contribution in [2.75, 3.05) is 43.5 Å². The van der Waals surface area contributed by atoms with Crippen molar-refractivity contribution in [2.24, 2.45) is 0 Å². The Morgan fingerprint density at radius 2 is 1.66 bits per heavy atom. The van der Waals surface area contributed by atoms with Crippen molar-refractivity contribution < 1.29 is 17.9 Å². The molecule has 29 heavy (non-hydrogen) atoms. The van der Waals surface area contributed by atoms with Crippen LogP contribution in [0, 0.1) is 20.8 Å². The van der Waals surface area contributed by atoms with Gasteiger partial charge in [-0.05, 0) is 61.7 Å². The molecule has 0 radical (unpaired) electrons. The van der Waals surface area contributed by atoms with Crippen LogP contribution < -0.4 is 10.6 Å². The van der Waals surface area contributed by atoms with E-state index in [9.17, 15) is 13.2 Å². The molecular formula is C21H27N3O4S. The maximum absolute atomic E-state index is 13.0. The van der Waals surface area contributed by atoms with Crippen LogP contribution in [0.25, 0.3) is 0 Å². The number of hydrogen-bond acceptors (Lipinski definition) is 5. The largest absolute Gasteiger partial charge is 0.379 e. The summed E-state index contributed by atoms with van der Waals surface area (Å²) >= 11 is 0. The van der Waals surface area contributed by atoms with E-state index >= 15 is 0 Å². The minimum absolute atomic E-state index is 0.0856. The minimum atomic E-state index is -3.63.